The molecule has 1 heterocycles. The number of benzene rings is 1. The molecule has 0 unspecified atom stereocenters. The molecular formula is C12H4Cl2F5N3O3. The number of halogens is 7. The van der Waals surface area contributed by atoms with Crippen LogP contribution in [-0.4, -0.2) is 9.91 Å². The number of anilines is 1. The van der Waals surface area contributed by atoms with E-state index in [4.69, 9.17) is 33.7 Å². The van der Waals surface area contributed by atoms with Crippen LogP contribution in [0.4, 0.5) is 33.5 Å². The first kappa shape index (κ1) is 18.9. The van der Waals surface area contributed by atoms with Crippen molar-refractivity contribution in [1.82, 2.24) is 4.98 Å². The summed E-state index contributed by atoms with van der Waals surface area (Å²) in [6.45, 7) is 0. The second-order valence-electron chi connectivity index (χ2n) is 4.37. The van der Waals surface area contributed by atoms with E-state index in [0.29, 0.717) is 0 Å². The third-order valence-corrected chi connectivity index (χ3v) is 3.46. The molecule has 1 aromatic heterocycles. The average molecular weight is 404 g/mol. The normalized spacial score (nSPS) is 11.5. The number of rotatable bonds is 3. The average Bonchev–Trinajstić information content (AvgIpc) is 2.48. The standard InChI is InChI=1S/C12H4Cl2F5N3O3/c13-6-8(15)5(12(17,18)19)9(16)7(14)10(6)25-4-2-1-3(22(23)24)11(20)21-4/h1-2H,(H2,20,21). The summed E-state index contributed by atoms with van der Waals surface area (Å²) in [4.78, 5) is 13.2. The lowest BCUT2D eigenvalue weighted by molar-refractivity contribution is -0.384. The van der Waals surface area contributed by atoms with Gasteiger partial charge in [-0.3, -0.25) is 10.1 Å². The van der Waals surface area contributed by atoms with E-state index >= 15 is 0 Å². The molecule has 2 aromatic rings. The molecule has 1 aromatic carbocycles. The predicted molar refractivity (Wildman–Crippen MR) is 76.8 cm³/mol. The Kier molecular flexibility index (Phi) is 4.91. The number of ether oxygens (including phenoxy) is 1. The molecule has 0 spiro atoms. The molecule has 13 heteroatoms. The maximum atomic E-state index is 13.8. The van der Waals surface area contributed by atoms with Gasteiger partial charge in [0.1, 0.15) is 15.6 Å². The zero-order chi connectivity index (χ0) is 19.1. The summed E-state index contributed by atoms with van der Waals surface area (Å²) in [7, 11) is 0. The van der Waals surface area contributed by atoms with Crippen LogP contribution in [0.1, 0.15) is 5.56 Å². The summed E-state index contributed by atoms with van der Waals surface area (Å²) in [6, 6.07) is 1.74. The Bertz CT molecular complexity index is 847. The lowest BCUT2D eigenvalue weighted by Crippen LogP contribution is -2.13. The monoisotopic (exact) mass is 403 g/mol. The minimum atomic E-state index is -5.39. The fourth-order valence-corrected chi connectivity index (χ4v) is 2.22. The molecule has 2 N–H and O–H groups in total. The van der Waals surface area contributed by atoms with Gasteiger partial charge in [-0.05, 0) is 0 Å². The molecule has 134 valence electrons. The third-order valence-electron chi connectivity index (χ3n) is 2.79. The van der Waals surface area contributed by atoms with Crippen LogP contribution >= 0.6 is 23.2 Å². The van der Waals surface area contributed by atoms with Crippen molar-refractivity contribution >= 4 is 34.7 Å². The Morgan fingerprint density at radius 3 is 2.08 bits per heavy atom. The zero-order valence-electron chi connectivity index (χ0n) is 11.5. The van der Waals surface area contributed by atoms with Crippen molar-refractivity contribution in [3.05, 3.63) is 49.5 Å². The van der Waals surface area contributed by atoms with Crippen molar-refractivity contribution in [1.29, 1.82) is 0 Å². The highest BCUT2D eigenvalue weighted by molar-refractivity contribution is 6.37. The lowest BCUT2D eigenvalue weighted by atomic mass is 10.1. The molecule has 0 aliphatic rings. The lowest BCUT2D eigenvalue weighted by Gasteiger charge is -2.15. The van der Waals surface area contributed by atoms with E-state index in [1.807, 2.05) is 0 Å². The molecule has 0 atom stereocenters. The number of alkyl halides is 3. The third kappa shape index (κ3) is 3.51. The summed E-state index contributed by atoms with van der Waals surface area (Å²) >= 11 is 10.9. The van der Waals surface area contributed by atoms with E-state index in [-0.39, 0.29) is 0 Å². The van der Waals surface area contributed by atoms with Crippen molar-refractivity contribution in [3.8, 4) is 11.6 Å². The molecule has 0 radical (unpaired) electrons. The summed E-state index contributed by atoms with van der Waals surface area (Å²) in [6.07, 6.45) is -5.39. The Balaban J connectivity index is 2.55. The van der Waals surface area contributed by atoms with Crippen LogP contribution in [0.5, 0.6) is 11.6 Å². The molecule has 0 bridgehead atoms. The zero-order valence-corrected chi connectivity index (χ0v) is 13.0. The van der Waals surface area contributed by atoms with Gasteiger partial charge < -0.3 is 10.5 Å². The van der Waals surface area contributed by atoms with Crippen molar-refractivity contribution in [2.45, 2.75) is 6.18 Å². The van der Waals surface area contributed by atoms with Crippen molar-refractivity contribution in [3.63, 3.8) is 0 Å². The first-order valence-electron chi connectivity index (χ1n) is 5.97. The molecule has 0 amide bonds. The summed E-state index contributed by atoms with van der Waals surface area (Å²) < 4.78 is 70.4. The van der Waals surface area contributed by atoms with E-state index in [2.05, 4.69) is 4.98 Å². The molecule has 0 fully saturated rings. The Labute approximate surface area is 145 Å². The van der Waals surface area contributed by atoms with Crippen LogP contribution < -0.4 is 10.5 Å². The number of nitrogens with two attached hydrogens (primary N) is 1. The largest absolute Gasteiger partial charge is 0.436 e. The number of nitro groups is 1. The highest BCUT2D eigenvalue weighted by atomic mass is 35.5. The van der Waals surface area contributed by atoms with Crippen molar-refractivity contribution in [2.24, 2.45) is 0 Å². The number of nitrogen functional groups attached to an aromatic ring is 1. The second kappa shape index (κ2) is 6.48. The van der Waals surface area contributed by atoms with Crippen molar-refractivity contribution in [2.75, 3.05) is 5.73 Å². The molecule has 6 nitrogen and oxygen atoms in total. The van der Waals surface area contributed by atoms with E-state index in [0.717, 1.165) is 12.1 Å². The fraction of sp³-hybridized carbons (Fsp3) is 0.0833. The summed E-state index contributed by atoms with van der Waals surface area (Å²) in [5, 5.41) is 8.11. The maximum Gasteiger partial charge on any atom is 0.422 e. The van der Waals surface area contributed by atoms with Gasteiger partial charge in [-0.1, -0.05) is 23.2 Å². The molecule has 25 heavy (non-hydrogen) atoms. The molecular weight excluding hydrogens is 400 g/mol. The predicted octanol–water partition coefficient (Wildman–Crippen LogP) is 4.97. The molecule has 0 aliphatic heterocycles. The van der Waals surface area contributed by atoms with Gasteiger partial charge in [-0.25, -0.2) is 8.78 Å². The van der Waals surface area contributed by atoms with E-state index in [1.165, 1.54) is 0 Å². The van der Waals surface area contributed by atoms with Gasteiger partial charge in [0.2, 0.25) is 11.7 Å². The molecule has 0 saturated heterocycles. The summed E-state index contributed by atoms with van der Waals surface area (Å²) in [5.74, 6) is -6.41. The highest BCUT2D eigenvalue weighted by Gasteiger charge is 2.41. The topological polar surface area (TPSA) is 91.3 Å². The molecule has 2 rings (SSSR count). The van der Waals surface area contributed by atoms with Crippen LogP contribution in [-0.2, 0) is 6.18 Å². The summed E-state index contributed by atoms with van der Waals surface area (Å²) in [5.41, 5.74) is 2.42. The van der Waals surface area contributed by atoms with Crippen LogP contribution in [0.25, 0.3) is 0 Å². The van der Waals surface area contributed by atoms with Crippen molar-refractivity contribution < 1.29 is 31.6 Å². The first-order chi connectivity index (χ1) is 11.4. The number of aromatic nitrogens is 1. The molecule has 0 saturated carbocycles. The van der Waals surface area contributed by atoms with Gasteiger partial charge in [0.25, 0.3) is 0 Å². The van der Waals surface area contributed by atoms with E-state index in [1.54, 1.807) is 0 Å². The number of hydrogen-bond donors (Lipinski definition) is 1. The Morgan fingerprint density at radius 1 is 1.16 bits per heavy atom. The number of nitrogens with zero attached hydrogens (tertiary/aromatic N) is 2. The maximum absolute atomic E-state index is 13.8. The molecule has 0 aliphatic carbocycles. The smallest absolute Gasteiger partial charge is 0.422 e. The van der Waals surface area contributed by atoms with E-state index in [9.17, 15) is 32.1 Å². The van der Waals surface area contributed by atoms with Crippen LogP contribution in [0.15, 0.2) is 12.1 Å². The Morgan fingerprint density at radius 2 is 1.68 bits per heavy atom. The van der Waals surface area contributed by atoms with Gasteiger partial charge in [-0.15, -0.1) is 0 Å². The quantitative estimate of drug-likeness (QED) is 0.338. The SMILES string of the molecule is Nc1nc(Oc2c(Cl)c(F)c(C(F)(F)F)c(F)c2Cl)ccc1[N+](=O)[O-]. The number of pyridine rings is 1. The van der Waals surface area contributed by atoms with Gasteiger partial charge >= 0.3 is 11.9 Å². The second-order valence-corrected chi connectivity index (χ2v) is 5.13. The van der Waals surface area contributed by atoms with Crippen LogP contribution in [0, 0.1) is 21.7 Å². The van der Waals surface area contributed by atoms with Crippen LogP contribution in [0.3, 0.4) is 0 Å². The highest BCUT2D eigenvalue weighted by Crippen LogP contribution is 2.46. The first-order valence-corrected chi connectivity index (χ1v) is 6.72. The van der Waals surface area contributed by atoms with Gasteiger partial charge in [0.15, 0.2) is 17.4 Å². The Hall–Kier alpha value is -2.40. The van der Waals surface area contributed by atoms with Gasteiger partial charge in [0.05, 0.1) is 4.92 Å². The van der Waals surface area contributed by atoms with E-state index < -0.39 is 61.5 Å². The number of hydrogen-bond acceptors (Lipinski definition) is 5. The van der Waals surface area contributed by atoms with Gasteiger partial charge in [0, 0.05) is 12.1 Å². The van der Waals surface area contributed by atoms with Crippen LogP contribution in [0.2, 0.25) is 10.0 Å². The van der Waals surface area contributed by atoms with Gasteiger partial charge in [-0.2, -0.15) is 18.2 Å². The minimum Gasteiger partial charge on any atom is -0.436 e. The fourth-order valence-electron chi connectivity index (χ4n) is 1.71. The minimum absolute atomic E-state index is 0.537.